The Labute approximate surface area is 190 Å². The molecule has 0 saturated carbocycles. The maximum atomic E-state index is 13.3. The Kier molecular flexibility index (Phi) is 6.58. The Morgan fingerprint density at radius 3 is 2.78 bits per heavy atom. The van der Waals surface area contributed by atoms with Gasteiger partial charge in [0.25, 0.3) is 0 Å². The van der Waals surface area contributed by atoms with Crippen molar-refractivity contribution in [1.82, 2.24) is 18.4 Å². The number of methoxy groups -OCH3 is 2. The summed E-state index contributed by atoms with van der Waals surface area (Å²) in [4.78, 5) is 13.0. The smallest absolute Gasteiger partial charge is 0.246 e. The highest BCUT2D eigenvalue weighted by Gasteiger charge is 2.40. The van der Waals surface area contributed by atoms with Crippen LogP contribution in [0.1, 0.15) is 18.4 Å². The van der Waals surface area contributed by atoms with E-state index in [0.717, 1.165) is 17.3 Å². The molecule has 1 saturated heterocycles. The number of amides is 1. The van der Waals surface area contributed by atoms with Gasteiger partial charge >= 0.3 is 0 Å². The van der Waals surface area contributed by atoms with Gasteiger partial charge < -0.3 is 14.8 Å². The van der Waals surface area contributed by atoms with Crippen LogP contribution in [-0.2, 0) is 21.2 Å². The summed E-state index contributed by atoms with van der Waals surface area (Å²) in [5.41, 5.74) is 1.85. The average molecular weight is 477 g/mol. The molecule has 0 unspecified atom stereocenters. The number of rotatable bonds is 8. The van der Waals surface area contributed by atoms with Crippen LogP contribution in [0.3, 0.4) is 0 Å². The third-order valence-electron chi connectivity index (χ3n) is 5.50. The number of hydrogen-bond donors (Lipinski definition) is 1. The molecular formula is C21H24N4O5S2. The quantitative estimate of drug-likeness (QED) is 0.531. The van der Waals surface area contributed by atoms with Gasteiger partial charge in [-0.2, -0.15) is 13.1 Å². The minimum absolute atomic E-state index is 0.0915. The molecule has 1 atom stereocenters. The zero-order valence-corrected chi connectivity index (χ0v) is 19.4. The molecule has 1 N–H and O–H groups in total. The molecule has 0 radical (unpaired) electrons. The molecule has 4 rings (SSSR count). The normalized spacial score (nSPS) is 16.9. The van der Waals surface area contributed by atoms with Crippen molar-refractivity contribution in [3.8, 4) is 11.5 Å². The van der Waals surface area contributed by atoms with E-state index < -0.39 is 16.1 Å². The fraction of sp³-hybridized carbons (Fsp3) is 0.381. The van der Waals surface area contributed by atoms with Crippen LogP contribution in [0, 0.1) is 0 Å². The van der Waals surface area contributed by atoms with E-state index in [1.165, 1.54) is 10.4 Å². The lowest BCUT2D eigenvalue weighted by Gasteiger charge is -2.23. The van der Waals surface area contributed by atoms with Gasteiger partial charge in [-0.15, -0.1) is 0 Å². The molecule has 1 aliphatic heterocycles. The number of sulfonamides is 1. The molecule has 1 aromatic heterocycles. The molecule has 0 bridgehead atoms. The molecule has 11 heteroatoms. The number of carbonyl (C=O) groups excluding carboxylic acids is 1. The predicted octanol–water partition coefficient (Wildman–Crippen LogP) is 2.22. The zero-order valence-electron chi connectivity index (χ0n) is 17.8. The number of ether oxygens (including phenoxy) is 2. The largest absolute Gasteiger partial charge is 0.493 e. The Morgan fingerprint density at radius 2 is 2.00 bits per heavy atom. The van der Waals surface area contributed by atoms with E-state index in [4.69, 9.17) is 9.47 Å². The molecule has 3 aromatic rings. The Hall–Kier alpha value is -2.76. The minimum Gasteiger partial charge on any atom is -0.493 e. The second-order valence-electron chi connectivity index (χ2n) is 7.39. The summed E-state index contributed by atoms with van der Waals surface area (Å²) in [6.45, 7) is 0.675. The topological polar surface area (TPSA) is 111 Å². The summed E-state index contributed by atoms with van der Waals surface area (Å²) in [7, 11) is -0.733. The number of nitrogens with one attached hydrogen (secondary N) is 1. The Morgan fingerprint density at radius 1 is 1.19 bits per heavy atom. The lowest BCUT2D eigenvalue weighted by atomic mass is 10.1. The second-order valence-corrected chi connectivity index (χ2v) is 9.78. The molecule has 1 fully saturated rings. The molecule has 2 heterocycles. The van der Waals surface area contributed by atoms with Crippen LogP contribution in [0.2, 0.25) is 0 Å². The summed E-state index contributed by atoms with van der Waals surface area (Å²) in [5, 5.41) is 2.88. The van der Waals surface area contributed by atoms with E-state index >= 15 is 0 Å². The van der Waals surface area contributed by atoms with Crippen molar-refractivity contribution in [3.05, 3.63) is 42.0 Å². The molecule has 2 aromatic carbocycles. The molecular weight excluding hydrogens is 452 g/mol. The molecule has 32 heavy (non-hydrogen) atoms. The van der Waals surface area contributed by atoms with Gasteiger partial charge in [-0.05, 0) is 49.1 Å². The van der Waals surface area contributed by atoms with Gasteiger partial charge in [0.2, 0.25) is 15.9 Å². The van der Waals surface area contributed by atoms with Crippen LogP contribution in [0.15, 0.2) is 41.3 Å². The Balaban J connectivity index is 1.44. The van der Waals surface area contributed by atoms with Gasteiger partial charge in [-0.3, -0.25) is 4.79 Å². The summed E-state index contributed by atoms with van der Waals surface area (Å²) in [6, 6.07) is 9.72. The van der Waals surface area contributed by atoms with E-state index in [0.29, 0.717) is 54.9 Å². The maximum Gasteiger partial charge on any atom is 0.246 e. The van der Waals surface area contributed by atoms with Crippen molar-refractivity contribution in [2.75, 3.05) is 27.3 Å². The highest BCUT2D eigenvalue weighted by atomic mass is 32.2. The fourth-order valence-electron chi connectivity index (χ4n) is 3.89. The van der Waals surface area contributed by atoms with Gasteiger partial charge in [-0.1, -0.05) is 12.1 Å². The van der Waals surface area contributed by atoms with Gasteiger partial charge in [0.05, 0.1) is 25.9 Å². The highest BCUT2D eigenvalue weighted by molar-refractivity contribution is 7.89. The number of aromatic nitrogens is 2. The highest BCUT2D eigenvalue weighted by Crippen LogP contribution is 2.30. The van der Waals surface area contributed by atoms with Crippen molar-refractivity contribution in [2.24, 2.45) is 0 Å². The number of carbonyl (C=O) groups is 1. The minimum atomic E-state index is -3.88. The van der Waals surface area contributed by atoms with Crippen LogP contribution in [-0.4, -0.2) is 60.7 Å². The van der Waals surface area contributed by atoms with E-state index in [1.54, 1.807) is 26.4 Å². The summed E-state index contributed by atoms with van der Waals surface area (Å²) in [6.07, 6.45) is 1.68. The lowest BCUT2D eigenvalue weighted by molar-refractivity contribution is -0.124. The summed E-state index contributed by atoms with van der Waals surface area (Å²) < 4.78 is 46.8. The molecule has 1 aliphatic rings. The summed E-state index contributed by atoms with van der Waals surface area (Å²) in [5.74, 6) is 0.961. The van der Waals surface area contributed by atoms with E-state index in [9.17, 15) is 13.2 Å². The van der Waals surface area contributed by atoms with Crippen LogP contribution < -0.4 is 14.8 Å². The Bertz CT molecular complexity index is 1230. The van der Waals surface area contributed by atoms with E-state index in [1.807, 2.05) is 18.2 Å². The third-order valence-corrected chi connectivity index (χ3v) is 7.99. The maximum absolute atomic E-state index is 13.3. The van der Waals surface area contributed by atoms with Crippen molar-refractivity contribution in [2.45, 2.75) is 30.2 Å². The number of benzene rings is 2. The van der Waals surface area contributed by atoms with Crippen LogP contribution >= 0.6 is 11.7 Å². The monoisotopic (exact) mass is 476 g/mol. The number of hydrogen-bond acceptors (Lipinski definition) is 8. The van der Waals surface area contributed by atoms with Crippen LogP contribution in [0.5, 0.6) is 11.5 Å². The third kappa shape index (κ3) is 4.27. The van der Waals surface area contributed by atoms with Gasteiger partial charge in [0.15, 0.2) is 11.5 Å². The number of nitrogens with zero attached hydrogens (tertiary/aromatic N) is 3. The van der Waals surface area contributed by atoms with Crippen LogP contribution in [0.25, 0.3) is 11.0 Å². The molecule has 170 valence electrons. The van der Waals surface area contributed by atoms with Gasteiger partial charge in [-0.25, -0.2) is 8.42 Å². The van der Waals surface area contributed by atoms with Gasteiger partial charge in [0, 0.05) is 13.1 Å². The standard InChI is InChI=1S/C21H24N4O5S2/c1-29-17-9-8-14(13-18(17)30-2)10-11-22-21(26)16-6-4-12-25(16)32(27,28)19-7-3-5-15-20(19)24-31-23-15/h3,5,7-9,13,16H,4,6,10-12H2,1-2H3,(H,22,26)/t16-/m0/s1. The fourth-order valence-corrected chi connectivity index (χ4v) is 6.30. The first-order chi connectivity index (χ1) is 15.5. The zero-order chi connectivity index (χ0) is 22.7. The van der Waals surface area contributed by atoms with E-state index in [-0.39, 0.29) is 10.8 Å². The second kappa shape index (κ2) is 9.39. The van der Waals surface area contributed by atoms with Crippen molar-refractivity contribution >= 4 is 38.7 Å². The molecule has 0 aliphatic carbocycles. The van der Waals surface area contributed by atoms with Crippen molar-refractivity contribution < 1.29 is 22.7 Å². The van der Waals surface area contributed by atoms with Crippen LogP contribution in [0.4, 0.5) is 0 Å². The van der Waals surface area contributed by atoms with Crippen molar-refractivity contribution in [1.29, 1.82) is 0 Å². The van der Waals surface area contributed by atoms with E-state index in [2.05, 4.69) is 14.1 Å². The number of fused-ring (bicyclic) bond motifs is 1. The van der Waals surface area contributed by atoms with Crippen molar-refractivity contribution in [3.63, 3.8) is 0 Å². The summed E-state index contributed by atoms with van der Waals surface area (Å²) >= 11 is 0.968. The van der Waals surface area contributed by atoms with Gasteiger partial charge in [0.1, 0.15) is 22.0 Å². The predicted molar refractivity (Wildman–Crippen MR) is 121 cm³/mol. The SMILES string of the molecule is COc1ccc(CCNC(=O)[C@@H]2CCCN2S(=O)(=O)c2cccc3nsnc23)cc1OC. The first-order valence-electron chi connectivity index (χ1n) is 10.2. The molecule has 9 nitrogen and oxygen atoms in total. The first kappa shape index (κ1) is 22.4. The molecule has 0 spiro atoms. The average Bonchev–Trinajstić information content (AvgIpc) is 3.48. The molecule has 1 amide bonds. The first-order valence-corrected chi connectivity index (χ1v) is 12.3. The lowest BCUT2D eigenvalue weighted by Crippen LogP contribution is -2.46.